The van der Waals surface area contributed by atoms with Crippen molar-refractivity contribution in [3.8, 4) is 11.3 Å². The van der Waals surface area contributed by atoms with E-state index < -0.39 is 5.82 Å². The van der Waals surface area contributed by atoms with Gasteiger partial charge in [-0.3, -0.25) is 4.79 Å². The molecule has 0 saturated heterocycles. The maximum atomic E-state index is 13.9. The lowest BCUT2D eigenvalue weighted by Gasteiger charge is -2.28. The number of nitrogens with zero attached hydrogens (tertiary/aromatic N) is 3. The van der Waals surface area contributed by atoms with E-state index in [0.717, 1.165) is 17.8 Å². The van der Waals surface area contributed by atoms with Gasteiger partial charge in [-0.1, -0.05) is 18.5 Å². The Hall–Kier alpha value is -2.93. The lowest BCUT2D eigenvalue weighted by molar-refractivity contribution is -0.132. The maximum absolute atomic E-state index is 13.9. The third-order valence-electron chi connectivity index (χ3n) is 5.09. The molecule has 0 saturated carbocycles. The normalized spacial score (nSPS) is 13.3. The van der Waals surface area contributed by atoms with Crippen LogP contribution in [0.4, 0.5) is 20.3 Å². The Labute approximate surface area is 178 Å². The molecule has 0 aliphatic carbocycles. The fraction of sp³-hybridized carbons (Fsp3) is 0.273. The summed E-state index contributed by atoms with van der Waals surface area (Å²) in [5.41, 5.74) is 1.86. The molecule has 156 valence electrons. The summed E-state index contributed by atoms with van der Waals surface area (Å²) in [5, 5.41) is 3.28. The molecule has 30 heavy (non-hydrogen) atoms. The maximum Gasteiger partial charge on any atom is 0.223 e. The fourth-order valence-corrected chi connectivity index (χ4v) is 3.68. The van der Waals surface area contributed by atoms with Gasteiger partial charge in [0.1, 0.15) is 29.0 Å². The number of nitrogens with one attached hydrogen (secondary N) is 1. The van der Waals surface area contributed by atoms with Crippen molar-refractivity contribution in [2.75, 3.05) is 11.9 Å². The zero-order valence-electron chi connectivity index (χ0n) is 16.5. The molecule has 2 heterocycles. The minimum Gasteiger partial charge on any atom is -0.340 e. The number of hydrogen-bond acceptors (Lipinski definition) is 3. The second kappa shape index (κ2) is 8.44. The Balaban J connectivity index is 1.74. The minimum atomic E-state index is -0.528. The number of amides is 1. The number of rotatable bonds is 5. The van der Waals surface area contributed by atoms with Crippen molar-refractivity contribution in [2.45, 2.75) is 32.9 Å². The molecular formula is C22H21ClF2N4O. The highest BCUT2D eigenvalue weighted by Crippen LogP contribution is 2.34. The molecule has 8 heteroatoms. The molecule has 0 spiro atoms. The van der Waals surface area contributed by atoms with Crippen LogP contribution < -0.4 is 5.32 Å². The van der Waals surface area contributed by atoms with Crippen LogP contribution in [0.25, 0.3) is 11.3 Å². The molecule has 0 bridgehead atoms. The first-order valence-electron chi connectivity index (χ1n) is 9.81. The number of carbonyl (C=O) groups excluding carboxylic acids is 1. The summed E-state index contributed by atoms with van der Waals surface area (Å²) in [5.74, 6) is 0.625. The average Bonchev–Trinajstić information content (AvgIpc) is 3.09. The molecule has 1 aromatic heterocycles. The molecule has 5 nitrogen and oxygen atoms in total. The Morgan fingerprint density at radius 2 is 1.93 bits per heavy atom. The first kappa shape index (κ1) is 20.3. The number of anilines is 2. The molecule has 1 aliphatic heterocycles. The summed E-state index contributed by atoms with van der Waals surface area (Å²) in [4.78, 5) is 18.9. The monoisotopic (exact) mass is 430 g/mol. The van der Waals surface area contributed by atoms with Gasteiger partial charge in [-0.2, -0.15) is 0 Å². The zero-order valence-corrected chi connectivity index (χ0v) is 17.2. The van der Waals surface area contributed by atoms with Crippen LogP contribution in [0.3, 0.4) is 0 Å². The first-order chi connectivity index (χ1) is 14.5. The topological polar surface area (TPSA) is 50.2 Å². The van der Waals surface area contributed by atoms with Crippen molar-refractivity contribution < 1.29 is 13.6 Å². The van der Waals surface area contributed by atoms with Crippen LogP contribution in [0, 0.1) is 11.6 Å². The molecule has 0 fully saturated rings. The van der Waals surface area contributed by atoms with Crippen molar-refractivity contribution in [3.05, 3.63) is 64.9 Å². The van der Waals surface area contributed by atoms with Crippen LogP contribution >= 0.6 is 11.6 Å². The lowest BCUT2D eigenvalue weighted by atomic mass is 10.1. The number of carbonyl (C=O) groups is 1. The quantitative estimate of drug-likeness (QED) is 0.592. The van der Waals surface area contributed by atoms with E-state index in [1.54, 1.807) is 23.1 Å². The molecule has 1 N–H and O–H groups in total. The van der Waals surface area contributed by atoms with Crippen LogP contribution in [0.15, 0.2) is 42.5 Å². The van der Waals surface area contributed by atoms with E-state index >= 15 is 0 Å². The Morgan fingerprint density at radius 3 is 2.63 bits per heavy atom. The number of imidazole rings is 1. The highest BCUT2D eigenvalue weighted by Gasteiger charge is 2.26. The summed E-state index contributed by atoms with van der Waals surface area (Å²) in [6.07, 6.45) is 1.29. The van der Waals surface area contributed by atoms with Gasteiger partial charge in [0.25, 0.3) is 0 Å². The molecule has 2 aromatic carbocycles. The summed E-state index contributed by atoms with van der Waals surface area (Å²) in [6.45, 7) is 3.48. The van der Waals surface area contributed by atoms with Crippen LogP contribution in [0.5, 0.6) is 0 Å². The first-order valence-corrected chi connectivity index (χ1v) is 10.2. The second-order valence-corrected chi connectivity index (χ2v) is 7.61. The Morgan fingerprint density at radius 1 is 1.17 bits per heavy atom. The highest BCUT2D eigenvalue weighted by molar-refractivity contribution is 6.30. The third-order valence-corrected chi connectivity index (χ3v) is 5.40. The van der Waals surface area contributed by atoms with Crippen molar-refractivity contribution in [1.29, 1.82) is 0 Å². The Bertz CT molecular complexity index is 1080. The smallest absolute Gasteiger partial charge is 0.223 e. The molecule has 3 aromatic rings. The van der Waals surface area contributed by atoms with Gasteiger partial charge in [0.2, 0.25) is 5.91 Å². The molecule has 0 unspecified atom stereocenters. The van der Waals surface area contributed by atoms with Gasteiger partial charge in [-0.25, -0.2) is 13.8 Å². The van der Waals surface area contributed by atoms with Crippen molar-refractivity contribution in [2.24, 2.45) is 0 Å². The number of halogens is 3. The van der Waals surface area contributed by atoms with E-state index in [9.17, 15) is 13.6 Å². The van der Waals surface area contributed by atoms with E-state index in [0.29, 0.717) is 43.3 Å². The SMILES string of the molecule is CCCC(=O)N1CCn2c(nc(-c3ccc(F)cc3)c2Nc2ccc(Cl)c(F)c2)C1. The molecule has 0 radical (unpaired) electrons. The van der Waals surface area contributed by atoms with Crippen LogP contribution in [0.1, 0.15) is 25.6 Å². The number of hydrogen-bond donors (Lipinski definition) is 1. The van der Waals surface area contributed by atoms with E-state index in [2.05, 4.69) is 5.32 Å². The predicted molar refractivity (Wildman–Crippen MR) is 113 cm³/mol. The number of aromatic nitrogens is 2. The van der Waals surface area contributed by atoms with Crippen molar-refractivity contribution >= 4 is 29.0 Å². The second-order valence-electron chi connectivity index (χ2n) is 7.20. The minimum absolute atomic E-state index is 0.0414. The van der Waals surface area contributed by atoms with Gasteiger partial charge in [-0.05, 0) is 48.9 Å². The van der Waals surface area contributed by atoms with E-state index in [1.807, 2.05) is 11.5 Å². The van der Waals surface area contributed by atoms with Crippen LogP contribution in [-0.4, -0.2) is 26.9 Å². The fourth-order valence-electron chi connectivity index (χ4n) is 3.56. The Kier molecular flexibility index (Phi) is 5.72. The van der Waals surface area contributed by atoms with Gasteiger partial charge in [0.15, 0.2) is 0 Å². The zero-order chi connectivity index (χ0) is 21.3. The highest BCUT2D eigenvalue weighted by atomic mass is 35.5. The van der Waals surface area contributed by atoms with Gasteiger partial charge in [0.05, 0.1) is 11.6 Å². The number of fused-ring (bicyclic) bond motifs is 1. The van der Waals surface area contributed by atoms with Gasteiger partial charge in [0, 0.05) is 30.8 Å². The standard InChI is InChI=1S/C22H21ClF2N4O/c1-2-3-20(30)28-10-11-29-19(13-28)27-21(14-4-6-15(24)7-5-14)22(29)26-16-8-9-17(23)18(25)12-16/h4-9,12,26H,2-3,10-11,13H2,1H3. The van der Waals surface area contributed by atoms with E-state index in [4.69, 9.17) is 16.6 Å². The molecule has 1 aliphatic rings. The summed E-state index contributed by atoms with van der Waals surface area (Å²) < 4.78 is 29.4. The van der Waals surface area contributed by atoms with Gasteiger partial charge < -0.3 is 14.8 Å². The summed E-state index contributed by atoms with van der Waals surface area (Å²) in [7, 11) is 0. The van der Waals surface area contributed by atoms with Gasteiger partial charge >= 0.3 is 0 Å². The van der Waals surface area contributed by atoms with Crippen LogP contribution in [-0.2, 0) is 17.9 Å². The molecular weight excluding hydrogens is 410 g/mol. The largest absolute Gasteiger partial charge is 0.340 e. The predicted octanol–water partition coefficient (Wildman–Crippen LogP) is 5.37. The average molecular weight is 431 g/mol. The van der Waals surface area contributed by atoms with Gasteiger partial charge in [-0.15, -0.1) is 0 Å². The van der Waals surface area contributed by atoms with E-state index in [1.165, 1.54) is 24.3 Å². The summed E-state index contributed by atoms with van der Waals surface area (Å²) >= 11 is 5.80. The van der Waals surface area contributed by atoms with Crippen molar-refractivity contribution in [1.82, 2.24) is 14.5 Å². The third kappa shape index (κ3) is 4.03. The summed E-state index contributed by atoms with van der Waals surface area (Å²) in [6, 6.07) is 10.5. The van der Waals surface area contributed by atoms with Crippen LogP contribution in [0.2, 0.25) is 5.02 Å². The number of benzene rings is 2. The van der Waals surface area contributed by atoms with E-state index in [-0.39, 0.29) is 16.7 Å². The van der Waals surface area contributed by atoms with Crippen molar-refractivity contribution in [3.63, 3.8) is 0 Å². The molecule has 4 rings (SSSR count). The molecule has 1 amide bonds. The lowest BCUT2D eigenvalue weighted by Crippen LogP contribution is -2.38. The molecule has 0 atom stereocenters.